The number of rotatable bonds is 4. The minimum atomic E-state index is 0.246. The van der Waals surface area contributed by atoms with Crippen molar-refractivity contribution in [3.63, 3.8) is 0 Å². The van der Waals surface area contributed by atoms with Crippen LogP contribution < -0.4 is 5.32 Å². The zero-order chi connectivity index (χ0) is 17.4. The lowest BCUT2D eigenvalue weighted by Gasteiger charge is -2.09. The number of benzene rings is 1. The van der Waals surface area contributed by atoms with E-state index in [1.807, 2.05) is 41.2 Å². The summed E-state index contributed by atoms with van der Waals surface area (Å²) in [5.74, 6) is 0.246. The van der Waals surface area contributed by atoms with Crippen LogP contribution in [0.2, 0.25) is 0 Å². The highest BCUT2D eigenvalue weighted by Gasteiger charge is 2.14. The fourth-order valence-electron chi connectivity index (χ4n) is 2.79. The number of aromatic hydroxyl groups is 1. The SMILES string of the molecule is CC(C)Nc1ncc(-c2cc(-c3ccccc3O)c3nccn3c2)s1. The largest absolute Gasteiger partial charge is 0.507 e. The molecular weight excluding hydrogens is 332 g/mol. The van der Waals surface area contributed by atoms with E-state index in [9.17, 15) is 5.11 Å². The molecule has 6 heteroatoms. The summed E-state index contributed by atoms with van der Waals surface area (Å²) in [6.45, 7) is 4.18. The zero-order valence-electron chi connectivity index (χ0n) is 14.0. The molecule has 0 radical (unpaired) electrons. The van der Waals surface area contributed by atoms with Crippen LogP contribution in [-0.2, 0) is 0 Å². The van der Waals surface area contributed by atoms with E-state index in [1.54, 1.807) is 23.6 Å². The minimum absolute atomic E-state index is 0.246. The third kappa shape index (κ3) is 2.96. The van der Waals surface area contributed by atoms with Gasteiger partial charge in [-0.1, -0.05) is 29.5 Å². The maximum absolute atomic E-state index is 10.3. The number of imidazole rings is 1. The number of hydrogen-bond donors (Lipinski definition) is 2. The second-order valence-corrected chi connectivity index (χ2v) is 7.18. The van der Waals surface area contributed by atoms with E-state index in [4.69, 9.17) is 0 Å². The molecule has 3 heterocycles. The van der Waals surface area contributed by atoms with Crippen LogP contribution in [0, 0.1) is 0 Å². The van der Waals surface area contributed by atoms with Gasteiger partial charge in [0.15, 0.2) is 5.13 Å². The van der Waals surface area contributed by atoms with Crippen LogP contribution >= 0.6 is 11.3 Å². The molecule has 0 aliphatic rings. The summed E-state index contributed by atoms with van der Waals surface area (Å²) in [7, 11) is 0. The number of fused-ring (bicyclic) bond motifs is 1. The molecule has 4 aromatic rings. The minimum Gasteiger partial charge on any atom is -0.507 e. The average Bonchev–Trinajstić information content (AvgIpc) is 3.23. The summed E-state index contributed by atoms with van der Waals surface area (Å²) in [5, 5.41) is 14.5. The zero-order valence-corrected chi connectivity index (χ0v) is 14.8. The highest BCUT2D eigenvalue weighted by molar-refractivity contribution is 7.18. The Morgan fingerprint density at radius 1 is 1.16 bits per heavy atom. The van der Waals surface area contributed by atoms with Crippen molar-refractivity contribution in [1.82, 2.24) is 14.4 Å². The number of nitrogens with zero attached hydrogens (tertiary/aromatic N) is 3. The van der Waals surface area contributed by atoms with Crippen LogP contribution in [0.3, 0.4) is 0 Å². The van der Waals surface area contributed by atoms with Gasteiger partial charge in [0.1, 0.15) is 11.4 Å². The van der Waals surface area contributed by atoms with Crippen LogP contribution in [0.15, 0.2) is 55.1 Å². The topological polar surface area (TPSA) is 62.5 Å². The molecule has 4 rings (SSSR count). The molecule has 0 spiro atoms. The van der Waals surface area contributed by atoms with Crippen molar-refractivity contribution in [2.24, 2.45) is 0 Å². The molecule has 2 N–H and O–H groups in total. The Morgan fingerprint density at radius 2 is 2.00 bits per heavy atom. The number of aromatic nitrogens is 3. The Kier molecular flexibility index (Phi) is 3.89. The van der Waals surface area contributed by atoms with E-state index in [0.29, 0.717) is 6.04 Å². The number of phenols is 1. The molecule has 0 aliphatic carbocycles. The third-order valence-corrected chi connectivity index (χ3v) is 4.86. The maximum Gasteiger partial charge on any atom is 0.183 e. The van der Waals surface area contributed by atoms with E-state index in [1.165, 1.54) is 0 Å². The van der Waals surface area contributed by atoms with Gasteiger partial charge in [-0.3, -0.25) is 0 Å². The molecule has 0 saturated carbocycles. The fraction of sp³-hybridized carbons (Fsp3) is 0.158. The summed E-state index contributed by atoms with van der Waals surface area (Å²) >= 11 is 1.62. The molecule has 5 nitrogen and oxygen atoms in total. The van der Waals surface area contributed by atoms with Crippen molar-refractivity contribution in [3.05, 3.63) is 55.1 Å². The second-order valence-electron chi connectivity index (χ2n) is 6.15. The van der Waals surface area contributed by atoms with E-state index in [-0.39, 0.29) is 5.75 Å². The van der Waals surface area contributed by atoms with Crippen molar-refractivity contribution in [3.8, 4) is 27.3 Å². The van der Waals surface area contributed by atoms with Gasteiger partial charge in [-0.25, -0.2) is 9.97 Å². The average molecular weight is 350 g/mol. The van der Waals surface area contributed by atoms with Gasteiger partial charge in [0, 0.05) is 47.5 Å². The van der Waals surface area contributed by atoms with E-state index in [2.05, 4.69) is 35.2 Å². The molecule has 25 heavy (non-hydrogen) atoms. The molecule has 0 bridgehead atoms. The first-order chi connectivity index (χ1) is 12.1. The number of anilines is 1. The monoisotopic (exact) mass is 350 g/mol. The Labute approximate surface area is 149 Å². The molecule has 0 aliphatic heterocycles. The molecule has 0 atom stereocenters. The molecule has 0 saturated heterocycles. The highest BCUT2D eigenvalue weighted by atomic mass is 32.1. The van der Waals surface area contributed by atoms with Crippen molar-refractivity contribution < 1.29 is 5.11 Å². The Hall–Kier alpha value is -2.86. The quantitative estimate of drug-likeness (QED) is 0.562. The maximum atomic E-state index is 10.3. The second kappa shape index (κ2) is 6.22. The van der Waals surface area contributed by atoms with Gasteiger partial charge in [-0.15, -0.1) is 0 Å². The lowest BCUT2D eigenvalue weighted by atomic mass is 10.0. The molecule has 0 unspecified atom stereocenters. The van der Waals surface area contributed by atoms with Gasteiger partial charge in [-0.2, -0.15) is 0 Å². The summed E-state index contributed by atoms with van der Waals surface area (Å²) in [6, 6.07) is 9.73. The van der Waals surface area contributed by atoms with E-state index < -0.39 is 0 Å². The molecule has 0 fully saturated rings. The summed E-state index contributed by atoms with van der Waals surface area (Å²) in [5.41, 5.74) is 3.52. The predicted molar refractivity (Wildman–Crippen MR) is 102 cm³/mol. The van der Waals surface area contributed by atoms with Crippen molar-refractivity contribution in [2.45, 2.75) is 19.9 Å². The van der Waals surface area contributed by atoms with Gasteiger partial charge < -0.3 is 14.8 Å². The van der Waals surface area contributed by atoms with Gasteiger partial charge in [0.05, 0.1) is 4.88 Å². The van der Waals surface area contributed by atoms with Crippen LogP contribution in [0.25, 0.3) is 27.2 Å². The smallest absolute Gasteiger partial charge is 0.183 e. The first kappa shape index (κ1) is 15.7. The Balaban J connectivity index is 1.86. The molecule has 126 valence electrons. The molecule has 1 aromatic carbocycles. The number of nitrogens with one attached hydrogen (secondary N) is 1. The van der Waals surface area contributed by atoms with Crippen LogP contribution in [-0.4, -0.2) is 25.5 Å². The lowest BCUT2D eigenvalue weighted by molar-refractivity contribution is 0.477. The van der Waals surface area contributed by atoms with E-state index >= 15 is 0 Å². The van der Waals surface area contributed by atoms with Crippen molar-refractivity contribution in [1.29, 1.82) is 0 Å². The first-order valence-corrected chi connectivity index (χ1v) is 8.91. The number of thiazole rings is 1. The summed E-state index contributed by atoms with van der Waals surface area (Å²) in [4.78, 5) is 9.96. The van der Waals surface area contributed by atoms with Crippen molar-refractivity contribution >= 4 is 22.1 Å². The van der Waals surface area contributed by atoms with Gasteiger partial charge in [0.25, 0.3) is 0 Å². The van der Waals surface area contributed by atoms with Gasteiger partial charge >= 0.3 is 0 Å². The van der Waals surface area contributed by atoms with Gasteiger partial charge in [0.2, 0.25) is 0 Å². The summed E-state index contributed by atoms with van der Waals surface area (Å²) < 4.78 is 1.98. The Bertz CT molecular complexity index is 1030. The van der Waals surface area contributed by atoms with E-state index in [0.717, 1.165) is 32.3 Å². The Morgan fingerprint density at radius 3 is 2.80 bits per heavy atom. The normalized spacial score (nSPS) is 11.3. The fourth-order valence-corrected chi connectivity index (χ4v) is 3.73. The van der Waals surface area contributed by atoms with Gasteiger partial charge in [-0.05, 0) is 26.0 Å². The molecular formula is C19H18N4OS. The third-order valence-electron chi connectivity index (χ3n) is 3.88. The van der Waals surface area contributed by atoms with Crippen LogP contribution in [0.4, 0.5) is 5.13 Å². The number of para-hydroxylation sites is 1. The number of hydrogen-bond acceptors (Lipinski definition) is 5. The first-order valence-electron chi connectivity index (χ1n) is 8.09. The number of pyridine rings is 1. The summed E-state index contributed by atoms with van der Waals surface area (Å²) in [6.07, 6.45) is 7.60. The molecule has 0 amide bonds. The van der Waals surface area contributed by atoms with Crippen LogP contribution in [0.5, 0.6) is 5.75 Å². The highest BCUT2D eigenvalue weighted by Crippen LogP contribution is 2.36. The molecule has 3 aromatic heterocycles. The lowest BCUT2D eigenvalue weighted by Crippen LogP contribution is -2.08. The van der Waals surface area contributed by atoms with Crippen LogP contribution in [0.1, 0.15) is 13.8 Å². The van der Waals surface area contributed by atoms with Crippen molar-refractivity contribution in [2.75, 3.05) is 5.32 Å². The number of phenolic OH excluding ortho intramolecular Hbond substituents is 1. The standard InChI is InChI=1S/C19H18N4OS/c1-12(2)22-19-21-10-17(25-19)13-9-15(14-5-3-4-6-16(14)24)18-20-7-8-23(18)11-13/h3-12,24H,1-2H3,(H,21,22). The predicted octanol–water partition coefficient (Wildman–Crippen LogP) is 4.65.